The van der Waals surface area contributed by atoms with Crippen LogP contribution in [0.5, 0.6) is 11.5 Å². The second-order valence-corrected chi connectivity index (χ2v) is 6.25. The van der Waals surface area contributed by atoms with Crippen molar-refractivity contribution in [3.63, 3.8) is 0 Å². The first-order valence-corrected chi connectivity index (χ1v) is 8.46. The third-order valence-corrected chi connectivity index (χ3v) is 4.07. The lowest BCUT2D eigenvalue weighted by Crippen LogP contribution is -2.30. The second-order valence-electron chi connectivity index (χ2n) is 5.81. The molecule has 0 aliphatic carbocycles. The Morgan fingerprint density at radius 1 is 1.12 bits per heavy atom. The average molecular weight is 376 g/mol. The number of nitrogens with zero attached hydrogens (tertiary/aromatic N) is 1. The number of hydrogen-bond donors (Lipinski definition) is 0. The van der Waals surface area contributed by atoms with Crippen molar-refractivity contribution in [2.45, 2.75) is 6.54 Å². The SMILES string of the molecule is CN(Cc1ccc2c(c1)OCCO2)C(=O)COC(=O)c1cccc(Cl)c1. The fraction of sp³-hybridized carbons (Fsp3) is 0.263. The molecular formula is C19H18ClNO5. The Kier molecular flexibility index (Phi) is 5.63. The molecule has 0 bridgehead atoms. The maximum absolute atomic E-state index is 12.2. The van der Waals surface area contributed by atoms with Crippen LogP contribution in [0.1, 0.15) is 15.9 Å². The topological polar surface area (TPSA) is 65.1 Å². The highest BCUT2D eigenvalue weighted by atomic mass is 35.5. The zero-order valence-corrected chi connectivity index (χ0v) is 15.0. The standard InChI is InChI=1S/C19H18ClNO5/c1-21(11-13-5-6-16-17(9-13)25-8-7-24-16)18(22)12-26-19(23)14-3-2-4-15(20)10-14/h2-6,9-10H,7-8,11-12H2,1H3. The van der Waals surface area contributed by atoms with Crippen molar-refractivity contribution in [2.24, 2.45) is 0 Å². The van der Waals surface area contributed by atoms with E-state index in [1.807, 2.05) is 18.2 Å². The maximum Gasteiger partial charge on any atom is 0.338 e. The number of carbonyl (C=O) groups is 2. The van der Waals surface area contributed by atoms with Crippen molar-refractivity contribution >= 4 is 23.5 Å². The van der Waals surface area contributed by atoms with Gasteiger partial charge < -0.3 is 19.1 Å². The van der Waals surface area contributed by atoms with Crippen molar-refractivity contribution in [1.29, 1.82) is 0 Å². The molecule has 3 rings (SSSR count). The summed E-state index contributed by atoms with van der Waals surface area (Å²) in [6, 6.07) is 11.9. The lowest BCUT2D eigenvalue weighted by molar-refractivity contribution is -0.133. The summed E-state index contributed by atoms with van der Waals surface area (Å²) in [4.78, 5) is 25.6. The van der Waals surface area contributed by atoms with Crippen LogP contribution in [0.15, 0.2) is 42.5 Å². The summed E-state index contributed by atoms with van der Waals surface area (Å²) >= 11 is 5.84. The summed E-state index contributed by atoms with van der Waals surface area (Å²) in [6.07, 6.45) is 0. The molecule has 1 amide bonds. The van der Waals surface area contributed by atoms with Gasteiger partial charge in [-0.2, -0.15) is 0 Å². The largest absolute Gasteiger partial charge is 0.486 e. The molecule has 0 N–H and O–H groups in total. The molecule has 0 aromatic heterocycles. The normalized spacial score (nSPS) is 12.4. The Balaban J connectivity index is 1.54. The first kappa shape index (κ1) is 18.1. The van der Waals surface area contributed by atoms with E-state index in [4.69, 9.17) is 25.8 Å². The highest BCUT2D eigenvalue weighted by Crippen LogP contribution is 2.31. The van der Waals surface area contributed by atoms with Crippen LogP contribution in [-0.4, -0.2) is 43.6 Å². The quantitative estimate of drug-likeness (QED) is 0.752. The Bertz CT molecular complexity index is 823. The number of hydrogen-bond acceptors (Lipinski definition) is 5. The minimum atomic E-state index is -0.589. The van der Waals surface area contributed by atoms with Crippen LogP contribution in [-0.2, 0) is 16.1 Å². The number of likely N-dealkylation sites (N-methyl/N-ethyl adjacent to an activating group) is 1. The lowest BCUT2D eigenvalue weighted by Gasteiger charge is -2.21. The predicted molar refractivity (Wildman–Crippen MR) is 95.6 cm³/mol. The molecule has 1 aliphatic rings. The molecule has 0 spiro atoms. The van der Waals surface area contributed by atoms with Crippen LogP contribution in [0.3, 0.4) is 0 Å². The number of halogens is 1. The summed E-state index contributed by atoms with van der Waals surface area (Å²) < 4.78 is 16.1. The molecule has 136 valence electrons. The third-order valence-electron chi connectivity index (χ3n) is 3.84. The highest BCUT2D eigenvalue weighted by molar-refractivity contribution is 6.30. The molecule has 1 heterocycles. The monoisotopic (exact) mass is 375 g/mol. The summed E-state index contributed by atoms with van der Waals surface area (Å²) in [5.41, 5.74) is 1.20. The van der Waals surface area contributed by atoms with Gasteiger partial charge in [-0.25, -0.2) is 4.79 Å². The summed E-state index contributed by atoms with van der Waals surface area (Å²) in [5, 5.41) is 0.432. The smallest absolute Gasteiger partial charge is 0.338 e. The van der Waals surface area contributed by atoms with Gasteiger partial charge in [0.1, 0.15) is 13.2 Å². The molecule has 6 nitrogen and oxygen atoms in total. The van der Waals surface area contributed by atoms with Gasteiger partial charge >= 0.3 is 5.97 Å². The highest BCUT2D eigenvalue weighted by Gasteiger charge is 2.16. The van der Waals surface area contributed by atoms with Gasteiger partial charge in [-0.1, -0.05) is 23.7 Å². The maximum atomic E-state index is 12.2. The molecule has 1 aliphatic heterocycles. The molecular weight excluding hydrogens is 358 g/mol. The van der Waals surface area contributed by atoms with Crippen LogP contribution in [0, 0.1) is 0 Å². The van der Waals surface area contributed by atoms with E-state index in [-0.39, 0.29) is 12.5 Å². The first-order chi connectivity index (χ1) is 12.5. The number of esters is 1. The molecule has 0 fully saturated rings. The number of rotatable bonds is 5. The Labute approximate surface area is 156 Å². The van der Waals surface area contributed by atoms with E-state index in [0.29, 0.717) is 41.8 Å². The zero-order valence-electron chi connectivity index (χ0n) is 14.2. The van der Waals surface area contributed by atoms with Gasteiger partial charge in [0.2, 0.25) is 0 Å². The Morgan fingerprint density at radius 2 is 1.88 bits per heavy atom. The van der Waals surface area contributed by atoms with Crippen LogP contribution in [0.25, 0.3) is 0 Å². The van der Waals surface area contributed by atoms with Gasteiger partial charge in [0.05, 0.1) is 5.56 Å². The van der Waals surface area contributed by atoms with E-state index in [9.17, 15) is 9.59 Å². The minimum Gasteiger partial charge on any atom is -0.486 e. The number of fused-ring (bicyclic) bond motifs is 1. The van der Waals surface area contributed by atoms with Crippen molar-refractivity contribution in [3.8, 4) is 11.5 Å². The second kappa shape index (κ2) is 8.10. The molecule has 0 unspecified atom stereocenters. The number of carbonyl (C=O) groups excluding carboxylic acids is 2. The third kappa shape index (κ3) is 4.46. The van der Waals surface area contributed by atoms with Gasteiger partial charge in [0, 0.05) is 18.6 Å². The Morgan fingerprint density at radius 3 is 2.65 bits per heavy atom. The van der Waals surface area contributed by atoms with Crippen LogP contribution in [0.4, 0.5) is 0 Å². The number of benzene rings is 2. The van der Waals surface area contributed by atoms with Gasteiger partial charge in [-0.05, 0) is 35.9 Å². The number of amides is 1. The molecule has 0 saturated heterocycles. The molecule has 0 atom stereocenters. The van der Waals surface area contributed by atoms with Crippen molar-refractivity contribution in [3.05, 3.63) is 58.6 Å². The van der Waals surface area contributed by atoms with E-state index in [1.165, 1.54) is 11.0 Å². The van der Waals surface area contributed by atoms with Crippen molar-refractivity contribution < 1.29 is 23.8 Å². The minimum absolute atomic E-state index is 0.305. The summed E-state index contributed by atoms with van der Waals surface area (Å²) in [6.45, 7) is 1.06. The van der Waals surface area contributed by atoms with Gasteiger partial charge in [-0.3, -0.25) is 4.79 Å². The van der Waals surface area contributed by atoms with Crippen LogP contribution in [0.2, 0.25) is 5.02 Å². The van der Waals surface area contributed by atoms with Gasteiger partial charge in [0.25, 0.3) is 5.91 Å². The van der Waals surface area contributed by atoms with Crippen LogP contribution >= 0.6 is 11.6 Å². The molecule has 2 aromatic rings. The molecule has 7 heteroatoms. The van der Waals surface area contributed by atoms with E-state index < -0.39 is 5.97 Å². The summed E-state index contributed by atoms with van der Waals surface area (Å²) in [7, 11) is 1.65. The van der Waals surface area contributed by atoms with E-state index >= 15 is 0 Å². The van der Waals surface area contributed by atoms with Crippen LogP contribution < -0.4 is 9.47 Å². The number of ether oxygens (including phenoxy) is 3. The zero-order chi connectivity index (χ0) is 18.5. The molecule has 0 radical (unpaired) electrons. The fourth-order valence-electron chi connectivity index (χ4n) is 2.48. The first-order valence-electron chi connectivity index (χ1n) is 8.08. The van der Waals surface area contributed by atoms with E-state index in [1.54, 1.807) is 25.2 Å². The van der Waals surface area contributed by atoms with Crippen molar-refractivity contribution in [1.82, 2.24) is 4.90 Å². The van der Waals surface area contributed by atoms with Gasteiger partial charge in [0.15, 0.2) is 18.1 Å². The van der Waals surface area contributed by atoms with Crippen molar-refractivity contribution in [2.75, 3.05) is 26.9 Å². The van der Waals surface area contributed by atoms with Gasteiger partial charge in [-0.15, -0.1) is 0 Å². The predicted octanol–water partition coefficient (Wildman–Crippen LogP) is 2.93. The molecule has 26 heavy (non-hydrogen) atoms. The average Bonchev–Trinajstić information content (AvgIpc) is 2.65. The molecule has 0 saturated carbocycles. The van der Waals surface area contributed by atoms with E-state index in [2.05, 4.69) is 0 Å². The fourth-order valence-corrected chi connectivity index (χ4v) is 2.67. The van der Waals surface area contributed by atoms with E-state index in [0.717, 1.165) is 5.56 Å². The lowest BCUT2D eigenvalue weighted by atomic mass is 10.2. The summed E-state index contributed by atoms with van der Waals surface area (Å²) in [5.74, 6) is 0.468. The Hall–Kier alpha value is -2.73. The molecule has 2 aromatic carbocycles.